The number of nitrogens with zero attached hydrogens (tertiary/aromatic N) is 2. The van der Waals surface area contributed by atoms with E-state index < -0.39 is 17.5 Å². The van der Waals surface area contributed by atoms with E-state index in [9.17, 15) is 19.1 Å². The van der Waals surface area contributed by atoms with Crippen molar-refractivity contribution in [2.45, 2.75) is 13.0 Å². The Morgan fingerprint density at radius 1 is 1.09 bits per heavy atom. The number of aldehydes is 1. The van der Waals surface area contributed by atoms with Crippen molar-refractivity contribution in [2.24, 2.45) is 0 Å². The Hall–Kier alpha value is -4.33. The number of hydrogen-bond acceptors (Lipinski definition) is 6. The average Bonchev–Trinajstić information content (AvgIpc) is 2.80. The lowest BCUT2D eigenvalue weighted by atomic mass is 10.1. The molecule has 0 bridgehead atoms. The predicted octanol–water partition coefficient (Wildman–Crippen LogP) is 4.71. The zero-order valence-corrected chi connectivity index (χ0v) is 17.0. The summed E-state index contributed by atoms with van der Waals surface area (Å²) >= 11 is 0. The molecule has 0 aliphatic carbocycles. The Labute approximate surface area is 183 Å². The van der Waals surface area contributed by atoms with Gasteiger partial charge < -0.3 is 15.7 Å². The van der Waals surface area contributed by atoms with Crippen molar-refractivity contribution >= 4 is 34.6 Å². The number of phenols is 1. The highest BCUT2D eigenvalue weighted by atomic mass is 19.1. The molecule has 32 heavy (non-hydrogen) atoms. The van der Waals surface area contributed by atoms with Gasteiger partial charge in [-0.15, -0.1) is 0 Å². The SMILES string of the molecule is CC(Nc1ncnc2c(C=O)cccc12)c1cccc(NC(=O)c2ccc(F)c(O)c2)c1. The number of nitrogens with one attached hydrogen (secondary N) is 2. The number of carbonyl (C=O) groups is 2. The van der Waals surface area contributed by atoms with E-state index in [0.717, 1.165) is 29.4 Å². The highest BCUT2D eigenvalue weighted by molar-refractivity contribution is 6.04. The maximum atomic E-state index is 13.2. The molecule has 1 unspecified atom stereocenters. The molecule has 0 fully saturated rings. The van der Waals surface area contributed by atoms with Gasteiger partial charge >= 0.3 is 0 Å². The van der Waals surface area contributed by atoms with Crippen LogP contribution < -0.4 is 10.6 Å². The highest BCUT2D eigenvalue weighted by Crippen LogP contribution is 2.27. The monoisotopic (exact) mass is 430 g/mol. The average molecular weight is 430 g/mol. The van der Waals surface area contributed by atoms with Crippen molar-refractivity contribution in [3.8, 4) is 5.75 Å². The van der Waals surface area contributed by atoms with Gasteiger partial charge in [0.25, 0.3) is 5.91 Å². The molecule has 4 rings (SSSR count). The Morgan fingerprint density at radius 2 is 1.91 bits per heavy atom. The first-order valence-electron chi connectivity index (χ1n) is 9.81. The fourth-order valence-corrected chi connectivity index (χ4v) is 3.35. The Kier molecular flexibility index (Phi) is 5.76. The van der Waals surface area contributed by atoms with Gasteiger partial charge in [0.1, 0.15) is 12.1 Å². The van der Waals surface area contributed by atoms with E-state index in [0.29, 0.717) is 22.6 Å². The van der Waals surface area contributed by atoms with E-state index in [1.165, 1.54) is 12.4 Å². The number of rotatable bonds is 6. The normalized spacial score (nSPS) is 11.7. The fraction of sp³-hybridized carbons (Fsp3) is 0.0833. The molecule has 160 valence electrons. The number of anilines is 2. The van der Waals surface area contributed by atoms with Crippen LogP contribution >= 0.6 is 0 Å². The third kappa shape index (κ3) is 4.24. The smallest absolute Gasteiger partial charge is 0.255 e. The summed E-state index contributed by atoms with van der Waals surface area (Å²) in [6, 6.07) is 15.8. The largest absolute Gasteiger partial charge is 0.505 e. The van der Waals surface area contributed by atoms with Gasteiger partial charge in [0, 0.05) is 22.2 Å². The zero-order valence-electron chi connectivity index (χ0n) is 17.0. The number of carbonyl (C=O) groups excluding carboxylic acids is 2. The number of hydrogen-bond donors (Lipinski definition) is 3. The lowest BCUT2D eigenvalue weighted by molar-refractivity contribution is 0.102. The van der Waals surface area contributed by atoms with E-state index in [1.807, 2.05) is 19.1 Å². The van der Waals surface area contributed by atoms with Crippen LogP contribution in [0.5, 0.6) is 5.75 Å². The Morgan fingerprint density at radius 3 is 2.69 bits per heavy atom. The number of para-hydroxylation sites is 1. The number of phenolic OH excluding ortho intramolecular Hbond substituents is 1. The molecule has 0 radical (unpaired) electrons. The van der Waals surface area contributed by atoms with Crippen molar-refractivity contribution in [1.82, 2.24) is 9.97 Å². The third-order valence-electron chi connectivity index (χ3n) is 5.03. The molecule has 0 saturated heterocycles. The molecule has 3 N–H and O–H groups in total. The number of benzene rings is 3. The second kappa shape index (κ2) is 8.81. The van der Waals surface area contributed by atoms with Crippen molar-refractivity contribution in [2.75, 3.05) is 10.6 Å². The standard InChI is InChI=1S/C24H19FN4O3/c1-14(28-23-19-7-3-5-17(12-30)22(19)26-13-27-23)15-4-2-6-18(10-15)29-24(32)16-8-9-20(25)21(31)11-16/h2-14,31H,1H3,(H,29,32)(H,26,27,28). The maximum absolute atomic E-state index is 13.2. The van der Waals surface area contributed by atoms with E-state index >= 15 is 0 Å². The van der Waals surface area contributed by atoms with Crippen LogP contribution in [0.4, 0.5) is 15.9 Å². The fourth-order valence-electron chi connectivity index (χ4n) is 3.35. The minimum Gasteiger partial charge on any atom is -0.505 e. The molecule has 1 amide bonds. The molecule has 3 aromatic carbocycles. The zero-order chi connectivity index (χ0) is 22.7. The predicted molar refractivity (Wildman–Crippen MR) is 119 cm³/mol. The van der Waals surface area contributed by atoms with Crippen molar-refractivity contribution in [3.63, 3.8) is 0 Å². The highest BCUT2D eigenvalue weighted by Gasteiger charge is 2.13. The molecule has 4 aromatic rings. The molecular formula is C24H19FN4O3. The van der Waals surface area contributed by atoms with Gasteiger partial charge in [-0.3, -0.25) is 9.59 Å². The molecular weight excluding hydrogens is 411 g/mol. The van der Waals surface area contributed by atoms with Crippen LogP contribution in [0.3, 0.4) is 0 Å². The van der Waals surface area contributed by atoms with Crippen LogP contribution in [-0.4, -0.2) is 27.3 Å². The summed E-state index contributed by atoms with van der Waals surface area (Å²) < 4.78 is 13.2. The van der Waals surface area contributed by atoms with Gasteiger partial charge in [-0.25, -0.2) is 14.4 Å². The van der Waals surface area contributed by atoms with Crippen LogP contribution in [0.25, 0.3) is 10.9 Å². The first-order valence-corrected chi connectivity index (χ1v) is 9.81. The molecule has 8 heteroatoms. The summed E-state index contributed by atoms with van der Waals surface area (Å²) in [6.45, 7) is 1.94. The topological polar surface area (TPSA) is 104 Å². The van der Waals surface area contributed by atoms with E-state index in [4.69, 9.17) is 0 Å². The maximum Gasteiger partial charge on any atom is 0.255 e. The first kappa shape index (κ1) is 20.9. The van der Waals surface area contributed by atoms with Gasteiger partial charge in [0.15, 0.2) is 17.9 Å². The summed E-state index contributed by atoms with van der Waals surface area (Å²) in [5.41, 5.74) is 2.61. The van der Waals surface area contributed by atoms with E-state index in [-0.39, 0.29) is 11.6 Å². The van der Waals surface area contributed by atoms with E-state index in [1.54, 1.807) is 30.3 Å². The number of halogens is 1. The summed E-state index contributed by atoms with van der Waals surface area (Å²) in [5, 5.41) is 16.3. The second-order valence-corrected chi connectivity index (χ2v) is 7.20. The van der Waals surface area contributed by atoms with Crippen molar-refractivity contribution in [3.05, 3.63) is 89.5 Å². The number of aromatic nitrogens is 2. The first-order chi connectivity index (χ1) is 15.5. The van der Waals surface area contributed by atoms with Gasteiger partial charge in [-0.1, -0.05) is 18.2 Å². The van der Waals surface area contributed by atoms with Crippen LogP contribution in [0, 0.1) is 5.82 Å². The molecule has 1 aromatic heterocycles. The molecule has 1 heterocycles. The van der Waals surface area contributed by atoms with Gasteiger partial charge in [-0.2, -0.15) is 0 Å². The lowest BCUT2D eigenvalue weighted by Crippen LogP contribution is -2.13. The van der Waals surface area contributed by atoms with Crippen molar-refractivity contribution in [1.29, 1.82) is 0 Å². The quantitative estimate of drug-likeness (QED) is 0.383. The minimum atomic E-state index is -0.791. The summed E-state index contributed by atoms with van der Waals surface area (Å²) in [4.78, 5) is 32.3. The third-order valence-corrected chi connectivity index (χ3v) is 5.03. The molecule has 0 aliphatic heterocycles. The molecule has 7 nitrogen and oxygen atoms in total. The van der Waals surface area contributed by atoms with Crippen molar-refractivity contribution < 1.29 is 19.1 Å². The van der Waals surface area contributed by atoms with E-state index in [2.05, 4.69) is 20.6 Å². The van der Waals surface area contributed by atoms with Crippen LogP contribution in [0.2, 0.25) is 0 Å². The summed E-state index contributed by atoms with van der Waals surface area (Å²) in [6.07, 6.45) is 2.16. The van der Waals surface area contributed by atoms with Crippen LogP contribution in [0.15, 0.2) is 67.0 Å². The Bertz CT molecular complexity index is 1330. The molecule has 0 spiro atoms. The lowest BCUT2D eigenvalue weighted by Gasteiger charge is -2.17. The Balaban J connectivity index is 1.54. The molecule has 0 aliphatic rings. The number of amides is 1. The van der Waals surface area contributed by atoms with Gasteiger partial charge in [0.05, 0.1) is 11.6 Å². The van der Waals surface area contributed by atoms with Gasteiger partial charge in [-0.05, 0) is 55.0 Å². The number of aromatic hydroxyl groups is 1. The molecule has 1 atom stereocenters. The molecule has 0 saturated carbocycles. The second-order valence-electron chi connectivity index (χ2n) is 7.20. The minimum absolute atomic E-state index is 0.138. The number of fused-ring (bicyclic) bond motifs is 1. The van der Waals surface area contributed by atoms with Crippen LogP contribution in [0.1, 0.15) is 39.2 Å². The van der Waals surface area contributed by atoms with Crippen LogP contribution in [-0.2, 0) is 0 Å². The van der Waals surface area contributed by atoms with Gasteiger partial charge in [0.2, 0.25) is 0 Å². The summed E-state index contributed by atoms with van der Waals surface area (Å²) in [5.74, 6) is -1.26. The summed E-state index contributed by atoms with van der Waals surface area (Å²) in [7, 11) is 0.